The highest BCUT2D eigenvalue weighted by molar-refractivity contribution is 7.19. The number of carbonyl (C=O) groups is 2. The van der Waals surface area contributed by atoms with Gasteiger partial charge in [-0.05, 0) is 37.8 Å². The molecule has 1 aromatic heterocycles. The van der Waals surface area contributed by atoms with Crippen molar-refractivity contribution in [1.29, 1.82) is 0 Å². The third-order valence-corrected chi connectivity index (χ3v) is 6.18. The van der Waals surface area contributed by atoms with Gasteiger partial charge < -0.3 is 10.2 Å². The Morgan fingerprint density at radius 3 is 2.78 bits per heavy atom. The van der Waals surface area contributed by atoms with Crippen molar-refractivity contribution in [3.8, 4) is 0 Å². The van der Waals surface area contributed by atoms with Gasteiger partial charge in [-0.1, -0.05) is 29.5 Å². The molecule has 1 atom stereocenters. The maximum atomic E-state index is 12.7. The van der Waals surface area contributed by atoms with Crippen molar-refractivity contribution in [3.63, 3.8) is 0 Å². The van der Waals surface area contributed by atoms with E-state index < -0.39 is 0 Å². The highest BCUT2D eigenvalue weighted by Crippen LogP contribution is 2.32. The van der Waals surface area contributed by atoms with Gasteiger partial charge in [-0.3, -0.25) is 14.5 Å². The highest BCUT2D eigenvalue weighted by atomic mass is 32.1. The molecule has 1 N–H and O–H groups in total. The lowest BCUT2D eigenvalue weighted by molar-refractivity contribution is -0.120. The summed E-state index contributed by atoms with van der Waals surface area (Å²) in [6.45, 7) is 4.19. The number of nitrogens with one attached hydrogen (secondary N) is 1. The number of benzene rings is 1. The van der Waals surface area contributed by atoms with E-state index in [1.54, 1.807) is 4.90 Å². The van der Waals surface area contributed by atoms with Crippen LogP contribution in [0.4, 0.5) is 16.0 Å². The number of carbonyl (C=O) groups excluding carboxylic acids is 2. The molecule has 3 heterocycles. The van der Waals surface area contributed by atoms with Crippen LogP contribution in [0.5, 0.6) is 0 Å². The molecule has 2 fully saturated rings. The zero-order valence-electron chi connectivity index (χ0n) is 15.4. The average molecular weight is 385 g/mol. The molecule has 1 aromatic carbocycles. The van der Waals surface area contributed by atoms with Gasteiger partial charge in [-0.25, -0.2) is 0 Å². The van der Waals surface area contributed by atoms with Crippen LogP contribution >= 0.6 is 11.3 Å². The number of nitrogens with zero attached hydrogens (tertiary/aromatic N) is 4. The fourth-order valence-electron chi connectivity index (χ4n) is 3.61. The molecule has 2 aliphatic heterocycles. The van der Waals surface area contributed by atoms with Crippen LogP contribution in [0.15, 0.2) is 24.3 Å². The number of hydrogen-bond acceptors (Lipinski definition) is 6. The fraction of sp³-hybridized carbons (Fsp3) is 0.474. The quantitative estimate of drug-likeness (QED) is 0.876. The Morgan fingerprint density at radius 1 is 1.19 bits per heavy atom. The molecule has 142 valence electrons. The number of rotatable bonds is 4. The Balaban J connectivity index is 1.42. The molecule has 4 rings (SSSR count). The van der Waals surface area contributed by atoms with Gasteiger partial charge in [-0.15, -0.1) is 10.2 Å². The van der Waals surface area contributed by atoms with Crippen LogP contribution in [0.25, 0.3) is 0 Å². The summed E-state index contributed by atoms with van der Waals surface area (Å²) in [5, 5.41) is 13.0. The number of para-hydroxylation sites is 1. The van der Waals surface area contributed by atoms with Gasteiger partial charge >= 0.3 is 0 Å². The SMILES string of the molecule is Cc1ccccc1NC(=O)[C@H]1CCCN(c2nnc(N3CCCC3=O)s2)C1. The van der Waals surface area contributed by atoms with Crippen molar-refractivity contribution in [2.75, 3.05) is 34.8 Å². The molecule has 2 amide bonds. The lowest BCUT2D eigenvalue weighted by atomic mass is 9.97. The zero-order chi connectivity index (χ0) is 18.8. The molecule has 2 aromatic rings. The van der Waals surface area contributed by atoms with Crippen molar-refractivity contribution in [1.82, 2.24) is 10.2 Å². The van der Waals surface area contributed by atoms with Crippen LogP contribution in [-0.4, -0.2) is 41.6 Å². The monoisotopic (exact) mass is 385 g/mol. The first-order chi connectivity index (χ1) is 13.1. The van der Waals surface area contributed by atoms with Crippen LogP contribution in [0.3, 0.4) is 0 Å². The van der Waals surface area contributed by atoms with E-state index in [0.717, 1.165) is 48.7 Å². The summed E-state index contributed by atoms with van der Waals surface area (Å²) in [7, 11) is 0. The highest BCUT2D eigenvalue weighted by Gasteiger charge is 2.30. The summed E-state index contributed by atoms with van der Waals surface area (Å²) >= 11 is 1.44. The Labute approximate surface area is 162 Å². The first-order valence-electron chi connectivity index (χ1n) is 9.37. The number of anilines is 3. The molecule has 2 saturated heterocycles. The van der Waals surface area contributed by atoms with Crippen LogP contribution in [-0.2, 0) is 9.59 Å². The maximum Gasteiger partial charge on any atom is 0.229 e. The normalized spacial score (nSPS) is 20.2. The third-order valence-electron chi connectivity index (χ3n) is 5.17. The van der Waals surface area contributed by atoms with Gasteiger partial charge in [0.1, 0.15) is 0 Å². The molecule has 2 aliphatic rings. The average Bonchev–Trinajstić information content (AvgIpc) is 3.32. The van der Waals surface area contributed by atoms with Gasteiger partial charge in [0.2, 0.25) is 22.1 Å². The van der Waals surface area contributed by atoms with E-state index in [9.17, 15) is 9.59 Å². The number of amides is 2. The van der Waals surface area contributed by atoms with Gasteiger partial charge in [0.25, 0.3) is 0 Å². The van der Waals surface area contributed by atoms with E-state index in [4.69, 9.17) is 0 Å². The predicted octanol–water partition coefficient (Wildman–Crippen LogP) is 2.83. The van der Waals surface area contributed by atoms with Crippen LogP contribution in [0, 0.1) is 12.8 Å². The van der Waals surface area contributed by atoms with E-state index in [1.807, 2.05) is 31.2 Å². The van der Waals surface area contributed by atoms with Crippen molar-refractivity contribution in [2.45, 2.75) is 32.6 Å². The molecule has 0 unspecified atom stereocenters. The van der Waals surface area contributed by atoms with E-state index in [-0.39, 0.29) is 17.7 Å². The minimum absolute atomic E-state index is 0.0495. The number of aromatic nitrogens is 2. The Kier molecular flexibility index (Phi) is 5.07. The lowest BCUT2D eigenvalue weighted by Gasteiger charge is -2.31. The minimum Gasteiger partial charge on any atom is -0.346 e. The van der Waals surface area contributed by atoms with E-state index in [2.05, 4.69) is 20.4 Å². The second kappa shape index (κ2) is 7.64. The first kappa shape index (κ1) is 17.9. The molecule has 0 spiro atoms. The Bertz CT molecular complexity index is 852. The standard InChI is InChI=1S/C19H23N5O2S/c1-13-6-2-3-8-15(13)20-17(26)14-7-4-10-23(12-14)18-21-22-19(27-18)24-11-5-9-16(24)25/h2-3,6,8,14H,4-5,7,9-12H2,1H3,(H,20,26)/t14-/m0/s1. The molecule has 8 heteroatoms. The molecular formula is C19H23N5O2S. The van der Waals surface area contributed by atoms with Gasteiger partial charge in [0.05, 0.1) is 5.92 Å². The molecular weight excluding hydrogens is 362 g/mol. The number of hydrogen-bond donors (Lipinski definition) is 1. The third kappa shape index (κ3) is 3.80. The second-order valence-electron chi connectivity index (χ2n) is 7.11. The smallest absolute Gasteiger partial charge is 0.229 e. The van der Waals surface area contributed by atoms with Crippen LogP contribution < -0.4 is 15.1 Å². The van der Waals surface area contributed by atoms with Gasteiger partial charge in [0, 0.05) is 31.7 Å². The summed E-state index contributed by atoms with van der Waals surface area (Å²) in [5.41, 5.74) is 1.92. The van der Waals surface area contributed by atoms with E-state index in [1.165, 1.54) is 11.3 Å². The molecule has 27 heavy (non-hydrogen) atoms. The van der Waals surface area contributed by atoms with Crippen molar-refractivity contribution in [2.24, 2.45) is 5.92 Å². The molecule has 0 saturated carbocycles. The van der Waals surface area contributed by atoms with Gasteiger partial charge in [-0.2, -0.15) is 0 Å². The predicted molar refractivity (Wildman–Crippen MR) is 106 cm³/mol. The van der Waals surface area contributed by atoms with Crippen LogP contribution in [0.1, 0.15) is 31.2 Å². The van der Waals surface area contributed by atoms with Gasteiger partial charge in [0.15, 0.2) is 0 Å². The second-order valence-corrected chi connectivity index (χ2v) is 8.04. The topological polar surface area (TPSA) is 78.4 Å². The first-order valence-corrected chi connectivity index (χ1v) is 10.2. The lowest BCUT2D eigenvalue weighted by Crippen LogP contribution is -2.40. The molecule has 0 bridgehead atoms. The summed E-state index contributed by atoms with van der Waals surface area (Å²) in [4.78, 5) is 28.5. The number of aryl methyl sites for hydroxylation is 1. The molecule has 0 aliphatic carbocycles. The zero-order valence-corrected chi connectivity index (χ0v) is 16.2. The Hall–Kier alpha value is -2.48. The summed E-state index contributed by atoms with van der Waals surface area (Å²) < 4.78 is 0. The summed E-state index contributed by atoms with van der Waals surface area (Å²) in [5.74, 6) is 0.0828. The van der Waals surface area contributed by atoms with Crippen molar-refractivity contribution >= 4 is 39.1 Å². The summed E-state index contributed by atoms with van der Waals surface area (Å²) in [6.07, 6.45) is 3.26. The Morgan fingerprint density at radius 2 is 2.00 bits per heavy atom. The van der Waals surface area contributed by atoms with E-state index >= 15 is 0 Å². The summed E-state index contributed by atoms with van der Waals surface area (Å²) in [6, 6.07) is 7.81. The minimum atomic E-state index is -0.0841. The van der Waals surface area contributed by atoms with E-state index in [0.29, 0.717) is 18.1 Å². The fourth-order valence-corrected chi connectivity index (χ4v) is 4.53. The largest absolute Gasteiger partial charge is 0.346 e. The molecule has 0 radical (unpaired) electrons. The maximum absolute atomic E-state index is 12.7. The van der Waals surface area contributed by atoms with Crippen molar-refractivity contribution < 1.29 is 9.59 Å². The van der Waals surface area contributed by atoms with Crippen LogP contribution in [0.2, 0.25) is 0 Å². The number of piperidine rings is 1. The van der Waals surface area contributed by atoms with Crippen molar-refractivity contribution in [3.05, 3.63) is 29.8 Å². The molecule has 7 nitrogen and oxygen atoms in total.